The van der Waals surface area contributed by atoms with E-state index in [1.807, 2.05) is 6.92 Å². The Labute approximate surface area is 190 Å². The minimum absolute atomic E-state index is 0.255. The Morgan fingerprint density at radius 3 is 2.41 bits per heavy atom. The molecule has 1 aromatic heterocycles. The third kappa shape index (κ3) is 5.45. The van der Waals surface area contributed by atoms with Crippen LogP contribution in [0.3, 0.4) is 0 Å². The molecule has 10 heteroatoms. The molecule has 2 amide bonds. The van der Waals surface area contributed by atoms with Gasteiger partial charge in [-0.25, -0.2) is 8.42 Å². The van der Waals surface area contributed by atoms with E-state index < -0.39 is 15.9 Å². The van der Waals surface area contributed by atoms with Gasteiger partial charge in [-0.15, -0.1) is 11.3 Å². The summed E-state index contributed by atoms with van der Waals surface area (Å²) in [7, 11) is -2.15. The zero-order chi connectivity index (χ0) is 23.1. The summed E-state index contributed by atoms with van der Waals surface area (Å²) in [5.74, 6) is -0.299. The summed E-state index contributed by atoms with van der Waals surface area (Å²) in [5, 5.41) is 7.08. The van der Waals surface area contributed by atoms with Gasteiger partial charge in [-0.05, 0) is 54.8 Å². The number of para-hydroxylation sites is 1. The zero-order valence-electron chi connectivity index (χ0n) is 17.6. The quantitative estimate of drug-likeness (QED) is 0.496. The predicted molar refractivity (Wildman–Crippen MR) is 125 cm³/mol. The first-order valence-corrected chi connectivity index (χ1v) is 12.1. The van der Waals surface area contributed by atoms with E-state index in [2.05, 4.69) is 10.6 Å². The van der Waals surface area contributed by atoms with Crippen molar-refractivity contribution in [3.63, 3.8) is 0 Å². The number of amides is 2. The Kier molecular flexibility index (Phi) is 7.49. The fourth-order valence-electron chi connectivity index (χ4n) is 2.82. The molecule has 0 radical (unpaired) electrons. The minimum atomic E-state index is -3.62. The van der Waals surface area contributed by atoms with E-state index in [4.69, 9.17) is 4.74 Å². The Balaban J connectivity index is 1.60. The topological polar surface area (TPSA) is 105 Å². The summed E-state index contributed by atoms with van der Waals surface area (Å²) in [6.45, 7) is 2.02. The Morgan fingerprint density at radius 2 is 1.75 bits per heavy atom. The summed E-state index contributed by atoms with van der Waals surface area (Å²) < 4.78 is 32.2. The van der Waals surface area contributed by atoms with Crippen LogP contribution in [0.4, 0.5) is 11.4 Å². The van der Waals surface area contributed by atoms with Crippen molar-refractivity contribution >= 4 is 44.5 Å². The first-order valence-electron chi connectivity index (χ1n) is 9.75. The highest BCUT2D eigenvalue weighted by atomic mass is 32.2. The van der Waals surface area contributed by atoms with Crippen LogP contribution in [0.5, 0.6) is 5.75 Å². The highest BCUT2D eigenvalue weighted by Crippen LogP contribution is 2.26. The van der Waals surface area contributed by atoms with Crippen molar-refractivity contribution in [1.29, 1.82) is 0 Å². The number of rotatable bonds is 9. The highest BCUT2D eigenvalue weighted by molar-refractivity contribution is 7.94. The van der Waals surface area contributed by atoms with E-state index >= 15 is 0 Å². The van der Waals surface area contributed by atoms with E-state index in [0.717, 1.165) is 11.3 Å². The van der Waals surface area contributed by atoms with E-state index in [1.165, 1.54) is 11.4 Å². The second-order valence-corrected chi connectivity index (χ2v) is 9.78. The number of ether oxygens (including phenoxy) is 1. The van der Waals surface area contributed by atoms with Gasteiger partial charge in [0, 0.05) is 13.6 Å². The molecule has 0 saturated heterocycles. The normalized spacial score (nSPS) is 10.9. The number of carbonyl (C=O) groups excluding carboxylic acids is 2. The third-order valence-corrected chi connectivity index (χ3v) is 7.62. The van der Waals surface area contributed by atoms with Crippen LogP contribution in [0.1, 0.15) is 17.3 Å². The SMILES string of the molecule is CCNC(=O)c1ccccc1NC(=O)COc1ccc(N(C)S(=O)(=O)c2cccs2)cc1. The van der Waals surface area contributed by atoms with Gasteiger partial charge in [-0.1, -0.05) is 18.2 Å². The first-order chi connectivity index (χ1) is 15.3. The second kappa shape index (κ2) is 10.3. The molecule has 32 heavy (non-hydrogen) atoms. The van der Waals surface area contributed by atoms with Crippen LogP contribution in [-0.4, -0.2) is 40.4 Å². The summed E-state index contributed by atoms with van der Waals surface area (Å²) in [6, 6.07) is 16.3. The average molecular weight is 474 g/mol. The largest absolute Gasteiger partial charge is 0.484 e. The predicted octanol–water partition coefficient (Wildman–Crippen LogP) is 3.34. The number of hydrogen-bond acceptors (Lipinski definition) is 6. The van der Waals surface area contributed by atoms with Crippen molar-refractivity contribution in [2.75, 3.05) is 29.8 Å². The van der Waals surface area contributed by atoms with Gasteiger partial charge < -0.3 is 15.4 Å². The number of carbonyl (C=O) groups is 2. The number of hydrogen-bond donors (Lipinski definition) is 2. The molecule has 0 bridgehead atoms. The molecule has 0 saturated carbocycles. The average Bonchev–Trinajstić information content (AvgIpc) is 3.34. The molecule has 0 atom stereocenters. The summed E-state index contributed by atoms with van der Waals surface area (Å²) >= 11 is 1.15. The molecule has 2 N–H and O–H groups in total. The number of thiophene rings is 1. The molecule has 0 aliphatic carbocycles. The Morgan fingerprint density at radius 1 is 1.03 bits per heavy atom. The fourth-order valence-corrected chi connectivity index (χ4v) is 5.17. The summed E-state index contributed by atoms with van der Waals surface area (Å²) in [5.41, 5.74) is 1.22. The molecule has 3 rings (SSSR count). The van der Waals surface area contributed by atoms with Gasteiger partial charge in [0.2, 0.25) is 0 Å². The van der Waals surface area contributed by atoms with Crippen molar-refractivity contribution in [3.8, 4) is 5.75 Å². The molecule has 0 aliphatic heterocycles. The van der Waals surface area contributed by atoms with Gasteiger partial charge in [-0.3, -0.25) is 13.9 Å². The zero-order valence-corrected chi connectivity index (χ0v) is 19.2. The van der Waals surface area contributed by atoms with Crippen molar-refractivity contribution in [2.24, 2.45) is 0 Å². The lowest BCUT2D eigenvalue weighted by Gasteiger charge is -2.18. The maximum absolute atomic E-state index is 12.6. The van der Waals surface area contributed by atoms with E-state index in [9.17, 15) is 18.0 Å². The van der Waals surface area contributed by atoms with E-state index in [-0.39, 0.29) is 16.7 Å². The molecular formula is C22H23N3O5S2. The lowest BCUT2D eigenvalue weighted by Crippen LogP contribution is -2.26. The lowest BCUT2D eigenvalue weighted by molar-refractivity contribution is -0.118. The van der Waals surface area contributed by atoms with Crippen LogP contribution in [-0.2, 0) is 14.8 Å². The Bertz CT molecular complexity index is 1180. The number of nitrogens with zero attached hydrogens (tertiary/aromatic N) is 1. The van der Waals surface area contributed by atoms with Gasteiger partial charge in [0.1, 0.15) is 9.96 Å². The number of benzene rings is 2. The molecule has 1 heterocycles. The van der Waals surface area contributed by atoms with Crippen molar-refractivity contribution in [1.82, 2.24) is 5.32 Å². The van der Waals surface area contributed by atoms with Gasteiger partial charge in [0.25, 0.3) is 21.8 Å². The molecule has 0 unspecified atom stereocenters. The second-order valence-electron chi connectivity index (χ2n) is 6.64. The van der Waals surface area contributed by atoms with Crippen LogP contribution in [0, 0.1) is 0 Å². The molecule has 3 aromatic rings. The number of nitrogens with one attached hydrogen (secondary N) is 2. The van der Waals surface area contributed by atoms with Gasteiger partial charge in [0.05, 0.1) is 16.9 Å². The molecule has 0 aliphatic rings. The number of sulfonamides is 1. The smallest absolute Gasteiger partial charge is 0.273 e. The fraction of sp³-hybridized carbons (Fsp3) is 0.182. The van der Waals surface area contributed by atoms with E-state index in [0.29, 0.717) is 29.2 Å². The van der Waals surface area contributed by atoms with Gasteiger partial charge in [-0.2, -0.15) is 0 Å². The maximum Gasteiger partial charge on any atom is 0.273 e. The molecule has 0 spiro atoms. The van der Waals surface area contributed by atoms with Crippen LogP contribution >= 0.6 is 11.3 Å². The van der Waals surface area contributed by atoms with Gasteiger partial charge in [0.15, 0.2) is 6.61 Å². The summed E-state index contributed by atoms with van der Waals surface area (Å²) in [4.78, 5) is 24.4. The summed E-state index contributed by atoms with van der Waals surface area (Å²) in [6.07, 6.45) is 0. The van der Waals surface area contributed by atoms with Crippen LogP contribution in [0.25, 0.3) is 0 Å². The highest BCUT2D eigenvalue weighted by Gasteiger charge is 2.22. The van der Waals surface area contributed by atoms with Crippen molar-refractivity contribution in [3.05, 3.63) is 71.6 Å². The standard InChI is InChI=1S/C22H23N3O5S2/c1-3-23-22(27)18-7-4-5-8-19(18)24-20(26)15-30-17-12-10-16(11-13-17)25(2)32(28,29)21-9-6-14-31-21/h4-14H,3,15H2,1-2H3,(H,23,27)(H,24,26). The molecular weight excluding hydrogens is 450 g/mol. The molecule has 2 aromatic carbocycles. The van der Waals surface area contributed by atoms with Crippen LogP contribution in [0.2, 0.25) is 0 Å². The molecule has 168 valence electrons. The third-order valence-electron chi connectivity index (χ3n) is 4.46. The van der Waals surface area contributed by atoms with Gasteiger partial charge >= 0.3 is 0 Å². The van der Waals surface area contributed by atoms with Crippen molar-refractivity contribution < 1.29 is 22.7 Å². The van der Waals surface area contributed by atoms with Crippen molar-refractivity contribution in [2.45, 2.75) is 11.1 Å². The van der Waals surface area contributed by atoms with Crippen LogP contribution in [0.15, 0.2) is 70.3 Å². The number of anilines is 2. The van der Waals surface area contributed by atoms with E-state index in [1.54, 1.807) is 66.0 Å². The van der Waals surface area contributed by atoms with Crippen LogP contribution < -0.4 is 19.7 Å². The lowest BCUT2D eigenvalue weighted by atomic mass is 10.1. The molecule has 8 nitrogen and oxygen atoms in total. The Hall–Kier alpha value is -3.37. The molecule has 0 fully saturated rings. The monoisotopic (exact) mass is 473 g/mol. The first kappa shape index (κ1) is 23.3. The minimum Gasteiger partial charge on any atom is -0.484 e. The maximum atomic E-state index is 12.6.